The molecule has 1 aromatic rings. The molecule has 1 aliphatic heterocycles. The largest absolute Gasteiger partial charge is 0.481 e. The van der Waals surface area contributed by atoms with Crippen molar-refractivity contribution in [2.24, 2.45) is 10.1 Å². The summed E-state index contributed by atoms with van der Waals surface area (Å²) in [5.41, 5.74) is 3.09. The van der Waals surface area contributed by atoms with Gasteiger partial charge in [-0.15, -0.1) is 5.10 Å². The van der Waals surface area contributed by atoms with Gasteiger partial charge in [0.2, 0.25) is 5.17 Å². The molecule has 20 heavy (non-hydrogen) atoms. The zero-order valence-electron chi connectivity index (χ0n) is 10.1. The molecule has 1 heterocycles. The van der Waals surface area contributed by atoms with E-state index in [4.69, 9.17) is 16.7 Å². The van der Waals surface area contributed by atoms with Gasteiger partial charge in [0.15, 0.2) is 0 Å². The third-order valence-electron chi connectivity index (χ3n) is 2.36. The van der Waals surface area contributed by atoms with Crippen LogP contribution in [0.3, 0.4) is 0 Å². The summed E-state index contributed by atoms with van der Waals surface area (Å²) in [7, 11) is 0. The fourth-order valence-electron chi connectivity index (χ4n) is 1.41. The number of nitrogens with zero attached hydrogens (tertiary/aromatic N) is 2. The van der Waals surface area contributed by atoms with E-state index in [-0.39, 0.29) is 6.42 Å². The SMILES string of the molecule is O=C(O)CC1SC(N=Cc2ccc(Cl)cc2)=NNC1=O. The van der Waals surface area contributed by atoms with E-state index in [0.717, 1.165) is 17.3 Å². The van der Waals surface area contributed by atoms with Crippen molar-refractivity contribution in [3.8, 4) is 0 Å². The highest BCUT2D eigenvalue weighted by Gasteiger charge is 2.27. The van der Waals surface area contributed by atoms with E-state index in [0.29, 0.717) is 10.2 Å². The third-order valence-corrected chi connectivity index (χ3v) is 3.68. The summed E-state index contributed by atoms with van der Waals surface area (Å²) in [6.07, 6.45) is 1.30. The fraction of sp³-hybridized carbons (Fsp3) is 0.167. The lowest BCUT2D eigenvalue weighted by atomic mass is 10.2. The van der Waals surface area contributed by atoms with Gasteiger partial charge in [-0.05, 0) is 17.7 Å². The summed E-state index contributed by atoms with van der Waals surface area (Å²) in [6.45, 7) is 0. The fourth-order valence-corrected chi connectivity index (χ4v) is 2.39. The molecular weight excluding hydrogens is 302 g/mol. The van der Waals surface area contributed by atoms with Crippen molar-refractivity contribution in [2.45, 2.75) is 11.7 Å². The second-order valence-electron chi connectivity index (χ2n) is 3.88. The van der Waals surface area contributed by atoms with Crippen molar-refractivity contribution >= 4 is 46.6 Å². The quantitative estimate of drug-likeness (QED) is 0.832. The van der Waals surface area contributed by atoms with E-state index in [9.17, 15) is 9.59 Å². The first-order valence-corrected chi connectivity index (χ1v) is 6.86. The number of halogens is 1. The van der Waals surface area contributed by atoms with E-state index < -0.39 is 17.1 Å². The summed E-state index contributed by atoms with van der Waals surface area (Å²) in [4.78, 5) is 26.2. The second kappa shape index (κ2) is 6.53. The Kier molecular flexibility index (Phi) is 4.75. The zero-order chi connectivity index (χ0) is 14.5. The van der Waals surface area contributed by atoms with Gasteiger partial charge in [0.05, 0.1) is 6.42 Å². The number of carbonyl (C=O) groups excluding carboxylic acids is 1. The molecule has 1 unspecified atom stereocenters. The Labute approximate surface area is 123 Å². The van der Waals surface area contributed by atoms with Gasteiger partial charge >= 0.3 is 5.97 Å². The number of hydrogen-bond acceptors (Lipinski definition) is 5. The number of amidine groups is 1. The standard InChI is InChI=1S/C12H10ClN3O3S/c13-8-3-1-7(2-4-8)6-14-12-16-15-11(19)9(20-12)5-10(17)18/h1-4,6,9H,5H2,(H,15,19)(H,17,18). The van der Waals surface area contributed by atoms with E-state index >= 15 is 0 Å². The van der Waals surface area contributed by atoms with Crippen LogP contribution in [0.25, 0.3) is 0 Å². The number of amides is 1. The molecule has 2 N–H and O–H groups in total. The minimum absolute atomic E-state index is 0.272. The van der Waals surface area contributed by atoms with E-state index in [1.165, 1.54) is 0 Å². The van der Waals surface area contributed by atoms with Crippen LogP contribution < -0.4 is 5.43 Å². The molecule has 0 aromatic heterocycles. The lowest BCUT2D eigenvalue weighted by molar-refractivity contribution is -0.138. The Bertz CT molecular complexity index is 586. The summed E-state index contributed by atoms with van der Waals surface area (Å²) in [5.74, 6) is -1.47. The summed E-state index contributed by atoms with van der Waals surface area (Å²) in [5, 5.41) is 12.7. The van der Waals surface area contributed by atoms with Crippen LogP contribution in [-0.4, -0.2) is 33.6 Å². The third kappa shape index (κ3) is 4.07. The lowest BCUT2D eigenvalue weighted by Gasteiger charge is -2.16. The van der Waals surface area contributed by atoms with E-state index in [2.05, 4.69) is 15.5 Å². The summed E-state index contributed by atoms with van der Waals surface area (Å²) >= 11 is 6.79. The van der Waals surface area contributed by atoms with Crippen LogP contribution in [0.15, 0.2) is 34.4 Å². The first-order chi connectivity index (χ1) is 9.54. The highest BCUT2D eigenvalue weighted by Crippen LogP contribution is 2.21. The summed E-state index contributed by atoms with van der Waals surface area (Å²) < 4.78 is 0. The molecule has 1 aliphatic rings. The minimum atomic E-state index is -1.04. The maximum absolute atomic E-state index is 11.4. The number of carbonyl (C=O) groups is 2. The van der Waals surface area contributed by atoms with Crippen molar-refractivity contribution in [2.75, 3.05) is 0 Å². The lowest BCUT2D eigenvalue weighted by Crippen LogP contribution is -2.35. The number of benzene rings is 1. The van der Waals surface area contributed by atoms with E-state index in [1.807, 2.05) is 0 Å². The first kappa shape index (κ1) is 14.5. The molecule has 1 atom stereocenters. The minimum Gasteiger partial charge on any atom is -0.481 e. The highest BCUT2D eigenvalue weighted by molar-refractivity contribution is 8.15. The number of carboxylic acids is 1. The van der Waals surface area contributed by atoms with Gasteiger partial charge in [-0.3, -0.25) is 9.59 Å². The number of rotatable bonds is 3. The van der Waals surface area contributed by atoms with E-state index in [1.54, 1.807) is 30.5 Å². The number of hydrazone groups is 1. The highest BCUT2D eigenvalue weighted by atomic mass is 35.5. The average molecular weight is 312 g/mol. The van der Waals surface area contributed by atoms with Crippen LogP contribution in [0, 0.1) is 0 Å². The zero-order valence-corrected chi connectivity index (χ0v) is 11.7. The van der Waals surface area contributed by atoms with Gasteiger partial charge in [-0.2, -0.15) is 0 Å². The predicted molar refractivity (Wildman–Crippen MR) is 78.3 cm³/mol. The van der Waals surface area contributed by atoms with Crippen molar-refractivity contribution in [1.82, 2.24) is 5.43 Å². The smallest absolute Gasteiger partial charge is 0.305 e. The molecule has 0 saturated carbocycles. The Morgan fingerprint density at radius 2 is 2.20 bits per heavy atom. The molecule has 1 aromatic carbocycles. The van der Waals surface area contributed by atoms with Gasteiger partial charge in [-0.25, -0.2) is 10.4 Å². The molecule has 1 amide bonds. The molecule has 0 bridgehead atoms. The number of hydrogen-bond donors (Lipinski definition) is 2. The van der Waals surface area contributed by atoms with Crippen LogP contribution in [0.1, 0.15) is 12.0 Å². The maximum atomic E-state index is 11.4. The van der Waals surface area contributed by atoms with Gasteiger partial charge < -0.3 is 5.11 Å². The first-order valence-electron chi connectivity index (χ1n) is 5.60. The normalized spacial score (nSPS) is 18.8. The summed E-state index contributed by atoms with van der Waals surface area (Å²) in [6, 6.07) is 7.03. The number of thioether (sulfide) groups is 1. The van der Waals surface area contributed by atoms with Crippen LogP contribution in [-0.2, 0) is 9.59 Å². The molecule has 0 fully saturated rings. The van der Waals surface area contributed by atoms with Gasteiger partial charge in [0.25, 0.3) is 5.91 Å². The van der Waals surface area contributed by atoms with Gasteiger partial charge in [0.1, 0.15) is 5.25 Å². The number of nitrogens with one attached hydrogen (secondary N) is 1. The van der Waals surface area contributed by atoms with Gasteiger partial charge in [0, 0.05) is 11.2 Å². The topological polar surface area (TPSA) is 91.1 Å². The molecule has 6 nitrogen and oxygen atoms in total. The predicted octanol–water partition coefficient (Wildman–Crippen LogP) is 1.74. The molecular formula is C12H10ClN3O3S. The molecule has 0 saturated heterocycles. The molecule has 0 radical (unpaired) electrons. The molecule has 0 spiro atoms. The van der Waals surface area contributed by atoms with Crippen molar-refractivity contribution in [1.29, 1.82) is 0 Å². The molecule has 2 rings (SSSR count). The molecule has 104 valence electrons. The van der Waals surface area contributed by atoms with Crippen molar-refractivity contribution in [3.05, 3.63) is 34.9 Å². The Hall–Kier alpha value is -1.86. The maximum Gasteiger partial charge on any atom is 0.305 e. The monoisotopic (exact) mass is 311 g/mol. The van der Waals surface area contributed by atoms with Crippen LogP contribution in [0.5, 0.6) is 0 Å². The number of carboxylic acid groups (broad SMARTS) is 1. The van der Waals surface area contributed by atoms with Crippen LogP contribution >= 0.6 is 23.4 Å². The second-order valence-corrected chi connectivity index (χ2v) is 5.49. The van der Waals surface area contributed by atoms with Gasteiger partial charge in [-0.1, -0.05) is 35.5 Å². The molecule has 0 aliphatic carbocycles. The number of aliphatic imine (C=N–C) groups is 1. The Balaban J connectivity index is 2.04. The van der Waals surface area contributed by atoms with Crippen LogP contribution in [0.4, 0.5) is 0 Å². The average Bonchev–Trinajstić information content (AvgIpc) is 2.41. The molecule has 8 heteroatoms. The van der Waals surface area contributed by atoms with Crippen molar-refractivity contribution < 1.29 is 14.7 Å². The number of aliphatic carboxylic acids is 1. The Morgan fingerprint density at radius 3 is 2.85 bits per heavy atom. The van der Waals surface area contributed by atoms with Crippen molar-refractivity contribution in [3.63, 3.8) is 0 Å². The van der Waals surface area contributed by atoms with Crippen LogP contribution in [0.2, 0.25) is 5.02 Å². The Morgan fingerprint density at radius 1 is 1.50 bits per heavy atom.